The van der Waals surface area contributed by atoms with E-state index >= 15 is 0 Å². The first kappa shape index (κ1) is 8.43. The van der Waals surface area contributed by atoms with Gasteiger partial charge in [0.25, 0.3) is 0 Å². The molecule has 0 aliphatic heterocycles. The second-order valence-electron chi connectivity index (χ2n) is 2.76. The van der Waals surface area contributed by atoms with Crippen LogP contribution in [0.1, 0.15) is 19.8 Å². The standard InChI is InChI=1S/C8H12O3/c1-2-3-5-4-6(9)8(11)7(5)10/h4,7-8,10-11H,2-3H2,1H3/t7-,8+/m0/s1. The molecule has 0 fully saturated rings. The highest BCUT2D eigenvalue weighted by Crippen LogP contribution is 2.20. The van der Waals surface area contributed by atoms with Crippen LogP contribution in [0, 0.1) is 0 Å². The minimum atomic E-state index is -1.21. The largest absolute Gasteiger partial charge is 0.386 e. The molecule has 0 amide bonds. The average Bonchev–Trinajstić information content (AvgIpc) is 2.19. The Morgan fingerprint density at radius 2 is 2.09 bits per heavy atom. The van der Waals surface area contributed by atoms with Crippen molar-refractivity contribution in [2.75, 3.05) is 0 Å². The van der Waals surface area contributed by atoms with E-state index in [-0.39, 0.29) is 5.78 Å². The third-order valence-corrected chi connectivity index (χ3v) is 1.84. The third-order valence-electron chi connectivity index (χ3n) is 1.84. The SMILES string of the molecule is CCCC1=CC(=O)[C@@H](O)[C@H]1O. The molecule has 3 heteroatoms. The van der Waals surface area contributed by atoms with E-state index in [1.807, 2.05) is 6.92 Å². The molecule has 0 saturated heterocycles. The molecule has 0 aromatic rings. The Balaban J connectivity index is 2.67. The van der Waals surface area contributed by atoms with Crippen molar-refractivity contribution in [2.45, 2.75) is 32.0 Å². The molecule has 0 radical (unpaired) electrons. The van der Waals surface area contributed by atoms with Crippen molar-refractivity contribution in [3.63, 3.8) is 0 Å². The van der Waals surface area contributed by atoms with Gasteiger partial charge >= 0.3 is 0 Å². The van der Waals surface area contributed by atoms with Crippen LogP contribution < -0.4 is 0 Å². The lowest BCUT2D eigenvalue weighted by atomic mass is 10.1. The molecule has 62 valence electrons. The van der Waals surface area contributed by atoms with Gasteiger partial charge in [0.2, 0.25) is 0 Å². The minimum absolute atomic E-state index is 0.374. The van der Waals surface area contributed by atoms with E-state index in [2.05, 4.69) is 0 Å². The lowest BCUT2D eigenvalue weighted by Crippen LogP contribution is -2.27. The molecule has 0 bridgehead atoms. The van der Waals surface area contributed by atoms with Crippen LogP contribution in [0.2, 0.25) is 0 Å². The molecule has 1 aliphatic carbocycles. The summed E-state index contributed by atoms with van der Waals surface area (Å²) in [5, 5.41) is 18.2. The van der Waals surface area contributed by atoms with Crippen molar-refractivity contribution in [2.24, 2.45) is 0 Å². The predicted octanol–water partition coefficient (Wildman–Crippen LogP) is 0.0174. The van der Waals surface area contributed by atoms with Crippen molar-refractivity contribution in [3.8, 4) is 0 Å². The fourth-order valence-corrected chi connectivity index (χ4v) is 1.22. The molecular weight excluding hydrogens is 144 g/mol. The first-order valence-corrected chi connectivity index (χ1v) is 3.77. The molecule has 0 saturated carbocycles. The Kier molecular flexibility index (Phi) is 2.42. The zero-order valence-corrected chi connectivity index (χ0v) is 6.45. The molecule has 0 aromatic carbocycles. The summed E-state index contributed by atoms with van der Waals surface area (Å²) in [6.07, 6.45) is 0.741. The second-order valence-corrected chi connectivity index (χ2v) is 2.76. The molecule has 2 atom stereocenters. The van der Waals surface area contributed by atoms with Gasteiger partial charge in [-0.25, -0.2) is 0 Å². The minimum Gasteiger partial charge on any atom is -0.386 e. The van der Waals surface area contributed by atoms with E-state index in [0.29, 0.717) is 12.0 Å². The van der Waals surface area contributed by atoms with E-state index in [0.717, 1.165) is 6.42 Å². The lowest BCUT2D eigenvalue weighted by Gasteiger charge is -2.09. The van der Waals surface area contributed by atoms with Crippen LogP contribution in [0.15, 0.2) is 11.6 Å². The predicted molar refractivity (Wildman–Crippen MR) is 40.0 cm³/mol. The number of hydrogen-bond acceptors (Lipinski definition) is 3. The number of carbonyl (C=O) groups excluding carboxylic acids is 1. The number of aliphatic hydroxyl groups excluding tert-OH is 2. The number of ketones is 1. The summed E-state index contributed by atoms with van der Waals surface area (Å²) in [7, 11) is 0. The molecule has 0 spiro atoms. The van der Waals surface area contributed by atoms with E-state index in [1.54, 1.807) is 0 Å². The first-order valence-electron chi connectivity index (χ1n) is 3.77. The van der Waals surface area contributed by atoms with Gasteiger partial charge < -0.3 is 10.2 Å². The first-order chi connectivity index (χ1) is 5.16. The zero-order chi connectivity index (χ0) is 8.43. The van der Waals surface area contributed by atoms with Gasteiger partial charge in [0.1, 0.15) is 12.2 Å². The maximum Gasteiger partial charge on any atom is 0.187 e. The summed E-state index contributed by atoms with van der Waals surface area (Å²) in [4.78, 5) is 10.8. The van der Waals surface area contributed by atoms with E-state index in [9.17, 15) is 9.90 Å². The molecule has 0 heterocycles. The van der Waals surface area contributed by atoms with Gasteiger partial charge in [-0.2, -0.15) is 0 Å². The highest BCUT2D eigenvalue weighted by Gasteiger charge is 2.31. The van der Waals surface area contributed by atoms with Crippen molar-refractivity contribution in [3.05, 3.63) is 11.6 Å². The highest BCUT2D eigenvalue weighted by molar-refractivity contribution is 5.97. The van der Waals surface area contributed by atoms with Crippen molar-refractivity contribution in [1.29, 1.82) is 0 Å². The molecule has 2 N–H and O–H groups in total. The average molecular weight is 156 g/mol. The zero-order valence-electron chi connectivity index (χ0n) is 6.45. The van der Waals surface area contributed by atoms with E-state index in [4.69, 9.17) is 5.11 Å². The Hall–Kier alpha value is -0.670. The third kappa shape index (κ3) is 1.49. The van der Waals surface area contributed by atoms with Crippen LogP contribution in [-0.4, -0.2) is 28.2 Å². The highest BCUT2D eigenvalue weighted by atomic mass is 16.3. The van der Waals surface area contributed by atoms with Gasteiger partial charge in [-0.05, 0) is 18.1 Å². The fraction of sp³-hybridized carbons (Fsp3) is 0.625. The van der Waals surface area contributed by atoms with E-state index < -0.39 is 12.2 Å². The van der Waals surface area contributed by atoms with Crippen molar-refractivity contribution < 1.29 is 15.0 Å². The van der Waals surface area contributed by atoms with Gasteiger partial charge in [0, 0.05) is 0 Å². The van der Waals surface area contributed by atoms with Gasteiger partial charge in [0.15, 0.2) is 5.78 Å². The van der Waals surface area contributed by atoms with Crippen molar-refractivity contribution >= 4 is 5.78 Å². The maximum atomic E-state index is 10.8. The number of hydrogen-bond donors (Lipinski definition) is 2. The number of rotatable bonds is 2. The Bertz CT molecular complexity index is 196. The molecule has 1 aliphatic rings. The van der Waals surface area contributed by atoms with Crippen LogP contribution in [0.5, 0.6) is 0 Å². The summed E-state index contributed by atoms with van der Waals surface area (Å²) < 4.78 is 0. The normalized spacial score (nSPS) is 30.8. The van der Waals surface area contributed by atoms with Gasteiger partial charge in [-0.1, -0.05) is 13.3 Å². The van der Waals surface area contributed by atoms with E-state index in [1.165, 1.54) is 6.08 Å². The van der Waals surface area contributed by atoms with Crippen LogP contribution in [0.4, 0.5) is 0 Å². The van der Waals surface area contributed by atoms with Gasteiger partial charge in [-0.3, -0.25) is 4.79 Å². The summed E-state index contributed by atoms with van der Waals surface area (Å²) >= 11 is 0. The Labute approximate surface area is 65.3 Å². The van der Waals surface area contributed by atoms with Gasteiger partial charge in [0.05, 0.1) is 0 Å². The number of carbonyl (C=O) groups is 1. The number of aliphatic hydroxyl groups is 2. The van der Waals surface area contributed by atoms with Gasteiger partial charge in [-0.15, -0.1) is 0 Å². The second kappa shape index (κ2) is 3.15. The van der Waals surface area contributed by atoms with Crippen molar-refractivity contribution in [1.82, 2.24) is 0 Å². The summed E-state index contributed by atoms with van der Waals surface area (Å²) in [5.74, 6) is -0.374. The summed E-state index contributed by atoms with van der Waals surface area (Å²) in [5.41, 5.74) is 0.657. The fourth-order valence-electron chi connectivity index (χ4n) is 1.22. The molecule has 1 rings (SSSR count). The smallest absolute Gasteiger partial charge is 0.187 e. The Morgan fingerprint density at radius 3 is 2.45 bits per heavy atom. The molecule has 11 heavy (non-hydrogen) atoms. The summed E-state index contributed by atoms with van der Waals surface area (Å²) in [6, 6.07) is 0. The topological polar surface area (TPSA) is 57.5 Å². The van der Waals surface area contributed by atoms with Crippen LogP contribution >= 0.6 is 0 Å². The lowest BCUT2D eigenvalue weighted by molar-refractivity contribution is -0.124. The monoisotopic (exact) mass is 156 g/mol. The molecule has 0 aromatic heterocycles. The van der Waals surface area contributed by atoms with Crippen LogP contribution in [0.25, 0.3) is 0 Å². The molecule has 0 unspecified atom stereocenters. The van der Waals surface area contributed by atoms with Crippen LogP contribution in [-0.2, 0) is 4.79 Å². The Morgan fingerprint density at radius 1 is 1.45 bits per heavy atom. The maximum absolute atomic E-state index is 10.8. The molecular formula is C8H12O3. The quantitative estimate of drug-likeness (QED) is 0.592. The summed E-state index contributed by atoms with van der Waals surface area (Å²) in [6.45, 7) is 1.96. The molecule has 3 nitrogen and oxygen atoms in total. The van der Waals surface area contributed by atoms with Crippen LogP contribution in [0.3, 0.4) is 0 Å².